The van der Waals surface area contributed by atoms with Crippen molar-refractivity contribution in [2.45, 2.75) is 0 Å². The third-order valence-corrected chi connectivity index (χ3v) is 4.13. The molecule has 2 aromatic heterocycles. The van der Waals surface area contributed by atoms with Gasteiger partial charge >= 0.3 is 5.69 Å². The summed E-state index contributed by atoms with van der Waals surface area (Å²) in [5, 5.41) is 15.5. The second-order valence-electron chi connectivity index (χ2n) is 5.61. The van der Waals surface area contributed by atoms with Crippen LogP contribution in [0.4, 0.5) is 5.69 Å². The van der Waals surface area contributed by atoms with Crippen LogP contribution >= 0.6 is 0 Å². The third kappa shape index (κ3) is 1.91. The summed E-state index contributed by atoms with van der Waals surface area (Å²) in [6, 6.07) is 14.7. The Morgan fingerprint density at radius 3 is 2.68 bits per heavy atom. The van der Waals surface area contributed by atoms with Crippen LogP contribution < -0.4 is 11.0 Å². The van der Waals surface area contributed by atoms with Gasteiger partial charge < -0.3 is 10.3 Å². The van der Waals surface area contributed by atoms with E-state index in [2.05, 4.69) is 25.6 Å². The van der Waals surface area contributed by atoms with E-state index in [9.17, 15) is 9.59 Å². The maximum absolute atomic E-state index is 12.3. The first-order valence-corrected chi connectivity index (χ1v) is 7.58. The van der Waals surface area contributed by atoms with Crippen molar-refractivity contribution in [2.24, 2.45) is 5.10 Å². The van der Waals surface area contributed by atoms with E-state index in [1.165, 1.54) is 0 Å². The van der Waals surface area contributed by atoms with Crippen LogP contribution in [0.15, 0.2) is 58.4 Å². The summed E-state index contributed by atoms with van der Waals surface area (Å²) in [5.41, 5.74) is 2.52. The number of nitrogens with one attached hydrogen (secondary N) is 2. The number of carbonyl (C=O) groups is 1. The van der Waals surface area contributed by atoms with Gasteiger partial charge in [-0.05, 0) is 12.1 Å². The lowest BCUT2D eigenvalue weighted by Crippen LogP contribution is -2.25. The second kappa shape index (κ2) is 4.84. The van der Waals surface area contributed by atoms with Gasteiger partial charge in [0, 0.05) is 16.5 Å². The molecule has 0 saturated heterocycles. The van der Waals surface area contributed by atoms with Gasteiger partial charge in [0.1, 0.15) is 5.52 Å². The van der Waals surface area contributed by atoms with Crippen LogP contribution in [0.1, 0.15) is 5.56 Å². The topological polar surface area (TPSA) is 105 Å². The zero-order valence-electron chi connectivity index (χ0n) is 12.7. The quantitative estimate of drug-likeness (QED) is 0.551. The Morgan fingerprint density at radius 2 is 1.76 bits per heavy atom. The van der Waals surface area contributed by atoms with Crippen LogP contribution in [0.25, 0.3) is 22.1 Å². The van der Waals surface area contributed by atoms with Crippen molar-refractivity contribution in [1.29, 1.82) is 0 Å². The van der Waals surface area contributed by atoms with E-state index in [0.29, 0.717) is 22.4 Å². The highest BCUT2D eigenvalue weighted by molar-refractivity contribution is 6.53. The summed E-state index contributed by atoms with van der Waals surface area (Å²) >= 11 is 0. The molecule has 5 rings (SSSR count). The molecular formula is C17H10N6O2. The van der Waals surface area contributed by atoms with Crippen molar-refractivity contribution < 1.29 is 4.79 Å². The maximum Gasteiger partial charge on any atom is 0.388 e. The summed E-state index contributed by atoms with van der Waals surface area (Å²) in [7, 11) is 0. The second-order valence-corrected chi connectivity index (χ2v) is 5.61. The van der Waals surface area contributed by atoms with E-state index in [-0.39, 0.29) is 11.6 Å². The maximum atomic E-state index is 12.3. The van der Waals surface area contributed by atoms with Crippen molar-refractivity contribution in [3.8, 4) is 0 Å². The molecule has 3 heterocycles. The van der Waals surface area contributed by atoms with E-state index in [4.69, 9.17) is 0 Å². The molecule has 2 N–H and O–H groups in total. The lowest BCUT2D eigenvalue weighted by Gasteiger charge is -2.00. The minimum atomic E-state index is -0.663. The Kier molecular flexibility index (Phi) is 2.64. The number of fused-ring (bicyclic) bond motifs is 4. The Bertz CT molecular complexity index is 1270. The van der Waals surface area contributed by atoms with Crippen molar-refractivity contribution in [3.63, 3.8) is 0 Å². The number of hydrogen-bond donors (Lipinski definition) is 2. The molecule has 0 unspecified atom stereocenters. The van der Waals surface area contributed by atoms with E-state index in [0.717, 1.165) is 15.6 Å². The van der Waals surface area contributed by atoms with E-state index < -0.39 is 5.69 Å². The average Bonchev–Trinajstić information content (AvgIpc) is 3.15. The van der Waals surface area contributed by atoms with Crippen LogP contribution in [0.2, 0.25) is 0 Å². The molecule has 0 radical (unpaired) electrons. The zero-order valence-corrected chi connectivity index (χ0v) is 12.7. The lowest BCUT2D eigenvalue weighted by molar-refractivity contribution is -0.110. The fraction of sp³-hybridized carbons (Fsp3) is 0. The molecule has 1 aliphatic heterocycles. The van der Waals surface area contributed by atoms with Gasteiger partial charge in [-0.25, -0.2) is 4.79 Å². The molecule has 1 amide bonds. The lowest BCUT2D eigenvalue weighted by atomic mass is 10.1. The summed E-state index contributed by atoms with van der Waals surface area (Å²) in [6.45, 7) is 0. The number of nitrogens with zero attached hydrogens (tertiary/aromatic N) is 4. The summed E-state index contributed by atoms with van der Waals surface area (Å²) < 4.78 is 1.08. The van der Waals surface area contributed by atoms with Gasteiger partial charge in [0.2, 0.25) is 0 Å². The first-order valence-electron chi connectivity index (χ1n) is 7.58. The first kappa shape index (κ1) is 13.6. The number of hydrogen-bond acceptors (Lipinski definition) is 5. The predicted octanol–water partition coefficient (Wildman–Crippen LogP) is 1.48. The molecule has 2 aromatic carbocycles. The molecule has 0 aliphatic carbocycles. The van der Waals surface area contributed by atoms with Gasteiger partial charge in [-0.1, -0.05) is 41.5 Å². The number of rotatable bonds is 1. The highest BCUT2D eigenvalue weighted by Crippen LogP contribution is 2.24. The molecule has 4 aromatic rings. The van der Waals surface area contributed by atoms with Crippen LogP contribution in [-0.2, 0) is 4.79 Å². The van der Waals surface area contributed by atoms with Gasteiger partial charge in [0.15, 0.2) is 11.4 Å². The molecule has 25 heavy (non-hydrogen) atoms. The number of amides is 1. The minimum Gasteiger partial charge on any atom is -0.338 e. The monoisotopic (exact) mass is 330 g/mol. The molecule has 0 fully saturated rings. The van der Waals surface area contributed by atoms with E-state index in [1.54, 1.807) is 18.2 Å². The number of aromatic amines is 1. The normalized spacial score (nSPS) is 15.0. The Labute approximate surface area is 139 Å². The molecular weight excluding hydrogens is 320 g/mol. The average molecular weight is 330 g/mol. The Morgan fingerprint density at radius 1 is 0.960 bits per heavy atom. The SMILES string of the molecule is O=C1Nc2ccccc2/C1=N\n1c(=O)nnc2c3ccccc3[nH]c21. The summed E-state index contributed by atoms with van der Waals surface area (Å²) in [5.74, 6) is -0.367. The van der Waals surface area contributed by atoms with Crippen LogP contribution in [-0.4, -0.2) is 31.5 Å². The van der Waals surface area contributed by atoms with Gasteiger partial charge in [-0.15, -0.1) is 5.10 Å². The number of anilines is 1. The van der Waals surface area contributed by atoms with Gasteiger partial charge in [0.05, 0.1) is 5.69 Å². The molecule has 1 aliphatic rings. The van der Waals surface area contributed by atoms with Gasteiger partial charge in [-0.3, -0.25) is 4.79 Å². The Hall–Kier alpha value is -3.81. The smallest absolute Gasteiger partial charge is 0.338 e. The number of para-hydroxylation sites is 2. The van der Waals surface area contributed by atoms with Crippen LogP contribution in [0.3, 0.4) is 0 Å². The highest BCUT2D eigenvalue weighted by atomic mass is 16.2. The first-order chi connectivity index (χ1) is 12.2. The molecule has 0 atom stereocenters. The Balaban J connectivity index is 1.83. The number of benzene rings is 2. The molecule has 0 spiro atoms. The van der Waals surface area contributed by atoms with Crippen molar-refractivity contribution in [1.82, 2.24) is 19.9 Å². The van der Waals surface area contributed by atoms with Crippen molar-refractivity contribution in [2.75, 3.05) is 5.32 Å². The fourth-order valence-electron chi connectivity index (χ4n) is 2.99. The molecule has 0 bridgehead atoms. The summed E-state index contributed by atoms with van der Waals surface area (Å²) in [4.78, 5) is 27.6. The minimum absolute atomic E-state index is 0.158. The van der Waals surface area contributed by atoms with Crippen molar-refractivity contribution >= 4 is 39.4 Å². The van der Waals surface area contributed by atoms with Gasteiger partial charge in [-0.2, -0.15) is 9.78 Å². The zero-order chi connectivity index (χ0) is 17.0. The van der Waals surface area contributed by atoms with Crippen molar-refractivity contribution in [3.05, 3.63) is 64.6 Å². The van der Waals surface area contributed by atoms with Crippen LogP contribution in [0.5, 0.6) is 0 Å². The van der Waals surface area contributed by atoms with Crippen LogP contribution in [0, 0.1) is 0 Å². The summed E-state index contributed by atoms with van der Waals surface area (Å²) in [6.07, 6.45) is 0. The van der Waals surface area contributed by atoms with Gasteiger partial charge in [0.25, 0.3) is 5.91 Å². The molecule has 0 saturated carbocycles. The van der Waals surface area contributed by atoms with E-state index >= 15 is 0 Å². The number of H-pyrrole nitrogens is 1. The predicted molar refractivity (Wildman–Crippen MR) is 92.7 cm³/mol. The standard InChI is InChI=1S/C17H10N6O2/c24-16-14(10-6-2-4-8-12(10)19-16)22-23-15-13(20-21-17(23)25)9-5-1-3-7-11(9)18-15/h1-8,18H,(H,19,22,24). The fourth-order valence-corrected chi connectivity index (χ4v) is 2.99. The molecule has 8 nitrogen and oxygen atoms in total. The molecule has 8 heteroatoms. The molecule has 120 valence electrons. The highest BCUT2D eigenvalue weighted by Gasteiger charge is 2.26. The van der Waals surface area contributed by atoms with E-state index in [1.807, 2.05) is 30.3 Å². The number of carbonyl (C=O) groups excluding carboxylic acids is 1. The largest absolute Gasteiger partial charge is 0.388 e. The number of aromatic nitrogens is 4. The third-order valence-electron chi connectivity index (χ3n) is 4.13.